The summed E-state index contributed by atoms with van der Waals surface area (Å²) in [6.07, 6.45) is 11.7. The fourth-order valence-corrected chi connectivity index (χ4v) is 3.53. The Balaban J connectivity index is 1.92. The normalized spacial score (nSPS) is 20.6. The van der Waals surface area contributed by atoms with Crippen LogP contribution in [0, 0.1) is 5.92 Å². The highest BCUT2D eigenvalue weighted by atomic mass is 16.5. The number of nitrogens with one attached hydrogen (secondary N) is 1. The molecule has 1 N–H and O–H groups in total. The Hall–Kier alpha value is -2.53. The van der Waals surface area contributed by atoms with Gasteiger partial charge in [0.15, 0.2) is 11.5 Å². The van der Waals surface area contributed by atoms with E-state index in [-0.39, 0.29) is 11.8 Å². The molecule has 1 aliphatic rings. The number of hydrogen-bond donors (Lipinski definition) is 1. The topological polar surface area (TPSA) is 56.8 Å². The highest BCUT2D eigenvalue weighted by Gasteiger charge is 2.37. The maximum Gasteiger partial charge on any atom is 0.220 e. The summed E-state index contributed by atoms with van der Waals surface area (Å²) in [7, 11) is 3.23. The molecule has 0 saturated heterocycles. The zero-order valence-electron chi connectivity index (χ0n) is 17.1. The largest absolute Gasteiger partial charge is 0.493 e. The van der Waals surface area contributed by atoms with E-state index in [1.54, 1.807) is 14.2 Å². The van der Waals surface area contributed by atoms with E-state index in [0.717, 1.165) is 12.0 Å². The van der Waals surface area contributed by atoms with Crippen molar-refractivity contribution in [2.45, 2.75) is 31.8 Å². The predicted octanol–water partition coefficient (Wildman–Crippen LogP) is 3.85. The third-order valence-electron chi connectivity index (χ3n) is 4.93. The van der Waals surface area contributed by atoms with Crippen LogP contribution < -0.4 is 14.8 Å². The van der Waals surface area contributed by atoms with E-state index in [1.165, 1.54) is 0 Å². The summed E-state index contributed by atoms with van der Waals surface area (Å²) in [5.74, 6) is 1.38. The summed E-state index contributed by atoms with van der Waals surface area (Å²) >= 11 is 0. The summed E-state index contributed by atoms with van der Waals surface area (Å²) in [4.78, 5) is 12.5. The smallest absolute Gasteiger partial charge is 0.220 e. The summed E-state index contributed by atoms with van der Waals surface area (Å²) in [6, 6.07) is 5.79. The van der Waals surface area contributed by atoms with Gasteiger partial charge in [-0.05, 0) is 37.5 Å². The summed E-state index contributed by atoms with van der Waals surface area (Å²) in [6.45, 7) is 6.96. The molecule has 1 aromatic carbocycles. The van der Waals surface area contributed by atoms with Crippen LogP contribution in [-0.4, -0.2) is 38.9 Å². The van der Waals surface area contributed by atoms with E-state index in [9.17, 15) is 4.79 Å². The molecule has 0 bridgehead atoms. The van der Waals surface area contributed by atoms with Crippen LogP contribution in [0.4, 0.5) is 0 Å². The number of allylic oxidation sites excluding steroid dienone is 2. The van der Waals surface area contributed by atoms with E-state index in [4.69, 9.17) is 14.2 Å². The van der Waals surface area contributed by atoms with Crippen LogP contribution in [0.5, 0.6) is 11.5 Å². The highest BCUT2D eigenvalue weighted by molar-refractivity contribution is 5.76. The Morgan fingerprint density at radius 1 is 1.25 bits per heavy atom. The van der Waals surface area contributed by atoms with Crippen molar-refractivity contribution in [2.24, 2.45) is 5.92 Å². The van der Waals surface area contributed by atoms with E-state index in [2.05, 4.69) is 11.9 Å². The first-order valence-corrected chi connectivity index (χ1v) is 9.67. The first-order valence-electron chi connectivity index (χ1n) is 9.67. The Kier molecular flexibility index (Phi) is 8.33. The van der Waals surface area contributed by atoms with Gasteiger partial charge in [-0.3, -0.25) is 4.79 Å². The molecular weight excluding hydrogens is 354 g/mol. The summed E-state index contributed by atoms with van der Waals surface area (Å²) in [5, 5.41) is 3.02. The lowest BCUT2D eigenvalue weighted by atomic mass is 9.79. The number of methoxy groups -OCH3 is 2. The lowest BCUT2D eigenvalue weighted by molar-refractivity contribution is -0.124. The van der Waals surface area contributed by atoms with Crippen LogP contribution in [0.2, 0.25) is 0 Å². The molecule has 0 aromatic heterocycles. The molecular formula is C23H31NO4. The zero-order chi connectivity index (χ0) is 20.4. The number of amides is 1. The molecule has 0 radical (unpaired) electrons. The molecule has 152 valence electrons. The van der Waals surface area contributed by atoms with E-state index < -0.39 is 5.60 Å². The average molecular weight is 386 g/mol. The lowest BCUT2D eigenvalue weighted by Gasteiger charge is -2.37. The van der Waals surface area contributed by atoms with Gasteiger partial charge in [0, 0.05) is 25.5 Å². The second-order valence-corrected chi connectivity index (χ2v) is 6.72. The molecule has 0 heterocycles. The molecule has 0 saturated carbocycles. The Morgan fingerprint density at radius 3 is 2.71 bits per heavy atom. The maximum atomic E-state index is 12.5. The standard InChI is InChI=1S/C23H31NO4/c1-5-13-23(28-6-2)14-8-7-9-19(23)17-22(25)24-15-12-18-10-11-20(26-3)21(16-18)27-4/h5,7-11,14,16,19H,1,6,12-13,15,17H2,2-4H3,(H,24,25). The van der Waals surface area contributed by atoms with Crippen LogP contribution in [0.25, 0.3) is 0 Å². The van der Waals surface area contributed by atoms with Gasteiger partial charge < -0.3 is 19.5 Å². The van der Waals surface area contributed by atoms with Crippen molar-refractivity contribution < 1.29 is 19.0 Å². The molecule has 0 fully saturated rings. The molecule has 1 amide bonds. The third kappa shape index (κ3) is 5.49. The van der Waals surface area contributed by atoms with Gasteiger partial charge >= 0.3 is 0 Å². The lowest BCUT2D eigenvalue weighted by Crippen LogP contribution is -2.42. The van der Waals surface area contributed by atoms with Crippen molar-refractivity contribution in [2.75, 3.05) is 27.4 Å². The Morgan fingerprint density at radius 2 is 2.04 bits per heavy atom. The molecule has 2 atom stereocenters. The Bertz CT molecular complexity index is 725. The van der Waals surface area contributed by atoms with Crippen LogP contribution in [0.3, 0.4) is 0 Å². The van der Waals surface area contributed by atoms with E-state index in [1.807, 2.05) is 55.5 Å². The SMILES string of the molecule is C=CCC1(OCC)C=CC=CC1CC(=O)NCCc1ccc(OC)c(OC)c1. The third-order valence-corrected chi connectivity index (χ3v) is 4.93. The number of carbonyl (C=O) groups is 1. The Labute approximate surface area is 168 Å². The van der Waals surface area contributed by atoms with E-state index in [0.29, 0.717) is 37.5 Å². The van der Waals surface area contributed by atoms with Crippen molar-refractivity contribution in [3.8, 4) is 11.5 Å². The minimum Gasteiger partial charge on any atom is -0.493 e. The van der Waals surface area contributed by atoms with Crippen LogP contribution in [0.1, 0.15) is 25.3 Å². The van der Waals surface area contributed by atoms with Crippen molar-refractivity contribution in [3.63, 3.8) is 0 Å². The number of benzene rings is 1. The monoisotopic (exact) mass is 385 g/mol. The maximum absolute atomic E-state index is 12.5. The number of rotatable bonds is 11. The molecule has 0 spiro atoms. The van der Waals surface area contributed by atoms with Crippen molar-refractivity contribution in [3.05, 3.63) is 60.7 Å². The second-order valence-electron chi connectivity index (χ2n) is 6.72. The molecule has 28 heavy (non-hydrogen) atoms. The van der Waals surface area contributed by atoms with E-state index >= 15 is 0 Å². The molecule has 5 heteroatoms. The first-order chi connectivity index (χ1) is 13.6. The van der Waals surface area contributed by atoms with Gasteiger partial charge in [0.2, 0.25) is 5.91 Å². The zero-order valence-corrected chi connectivity index (χ0v) is 17.1. The van der Waals surface area contributed by atoms with Gasteiger partial charge in [-0.1, -0.05) is 36.4 Å². The van der Waals surface area contributed by atoms with Gasteiger partial charge in [-0.25, -0.2) is 0 Å². The van der Waals surface area contributed by atoms with Crippen LogP contribution in [0.15, 0.2) is 55.2 Å². The van der Waals surface area contributed by atoms with Crippen LogP contribution >= 0.6 is 0 Å². The number of ether oxygens (including phenoxy) is 3. The molecule has 0 aliphatic heterocycles. The van der Waals surface area contributed by atoms with Gasteiger partial charge in [-0.15, -0.1) is 6.58 Å². The fourth-order valence-electron chi connectivity index (χ4n) is 3.53. The van der Waals surface area contributed by atoms with Crippen molar-refractivity contribution in [1.29, 1.82) is 0 Å². The minimum atomic E-state index is -0.494. The van der Waals surface area contributed by atoms with Crippen molar-refractivity contribution >= 4 is 5.91 Å². The molecule has 2 rings (SSSR count). The van der Waals surface area contributed by atoms with Crippen molar-refractivity contribution in [1.82, 2.24) is 5.32 Å². The minimum absolute atomic E-state index is 0.0126. The fraction of sp³-hybridized carbons (Fsp3) is 0.435. The van der Waals surface area contributed by atoms with Gasteiger partial charge in [0.25, 0.3) is 0 Å². The molecule has 1 aliphatic carbocycles. The number of hydrogen-bond acceptors (Lipinski definition) is 4. The van der Waals surface area contributed by atoms with Gasteiger partial charge in [0.05, 0.1) is 19.8 Å². The number of carbonyl (C=O) groups excluding carboxylic acids is 1. The molecule has 2 unspecified atom stereocenters. The van der Waals surface area contributed by atoms with Gasteiger partial charge in [-0.2, -0.15) is 0 Å². The van der Waals surface area contributed by atoms with Gasteiger partial charge in [0.1, 0.15) is 0 Å². The molecule has 1 aromatic rings. The summed E-state index contributed by atoms with van der Waals surface area (Å²) < 4.78 is 16.6. The molecule has 5 nitrogen and oxygen atoms in total. The highest BCUT2D eigenvalue weighted by Crippen LogP contribution is 2.34. The van der Waals surface area contributed by atoms with Crippen LogP contribution in [-0.2, 0) is 16.0 Å². The summed E-state index contributed by atoms with van der Waals surface area (Å²) in [5.41, 5.74) is 0.583. The quantitative estimate of drug-likeness (QED) is 0.588. The first kappa shape index (κ1) is 21.8. The average Bonchev–Trinajstić information content (AvgIpc) is 2.70. The predicted molar refractivity (Wildman–Crippen MR) is 112 cm³/mol. The second kappa shape index (κ2) is 10.7.